The van der Waals surface area contributed by atoms with Gasteiger partial charge in [-0.15, -0.1) is 0 Å². The molecule has 2 N–H and O–H groups in total. The minimum Gasteiger partial charge on any atom is -0.463 e. The summed E-state index contributed by atoms with van der Waals surface area (Å²) in [6.07, 6.45) is 3.31. The second kappa shape index (κ2) is 7.00. The fourth-order valence-electron chi connectivity index (χ4n) is 2.39. The normalized spacial score (nSPS) is 10.4. The van der Waals surface area contributed by atoms with E-state index in [0.29, 0.717) is 12.3 Å². The number of aryl methyl sites for hydroxylation is 2. The van der Waals surface area contributed by atoms with E-state index < -0.39 is 0 Å². The van der Waals surface area contributed by atoms with Crippen molar-refractivity contribution in [2.45, 2.75) is 20.4 Å². The van der Waals surface area contributed by atoms with Crippen LogP contribution in [0.4, 0.5) is 10.5 Å². The molecule has 0 spiro atoms. The van der Waals surface area contributed by atoms with Crippen LogP contribution in [0.3, 0.4) is 0 Å². The zero-order valence-electron chi connectivity index (χ0n) is 13.7. The number of pyridine rings is 1. The van der Waals surface area contributed by atoms with Crippen LogP contribution in [0.25, 0.3) is 11.5 Å². The summed E-state index contributed by atoms with van der Waals surface area (Å²) in [4.78, 5) is 16.5. The zero-order chi connectivity index (χ0) is 16.9. The molecule has 2 aromatic heterocycles. The second-order valence-electron chi connectivity index (χ2n) is 5.60. The summed E-state index contributed by atoms with van der Waals surface area (Å²) in [5.74, 6) is 0.682. The number of anilines is 1. The van der Waals surface area contributed by atoms with Crippen LogP contribution in [0.2, 0.25) is 0 Å². The molecular weight excluding hydrogens is 302 g/mol. The van der Waals surface area contributed by atoms with E-state index in [-0.39, 0.29) is 6.03 Å². The van der Waals surface area contributed by atoms with Crippen LogP contribution in [0.1, 0.15) is 16.7 Å². The first kappa shape index (κ1) is 15.8. The highest BCUT2D eigenvalue weighted by Crippen LogP contribution is 2.21. The summed E-state index contributed by atoms with van der Waals surface area (Å²) in [7, 11) is 0. The van der Waals surface area contributed by atoms with Gasteiger partial charge in [0.2, 0.25) is 0 Å². The number of benzene rings is 1. The third kappa shape index (κ3) is 3.63. The Kier molecular flexibility index (Phi) is 4.61. The monoisotopic (exact) mass is 321 g/mol. The van der Waals surface area contributed by atoms with E-state index in [2.05, 4.69) is 15.6 Å². The summed E-state index contributed by atoms with van der Waals surface area (Å²) in [5.41, 5.74) is 4.73. The number of carbonyl (C=O) groups is 1. The molecule has 0 saturated carbocycles. The van der Waals surface area contributed by atoms with Gasteiger partial charge in [0.05, 0.1) is 6.26 Å². The van der Waals surface area contributed by atoms with Crippen LogP contribution >= 0.6 is 0 Å². The molecule has 24 heavy (non-hydrogen) atoms. The van der Waals surface area contributed by atoms with Crippen molar-refractivity contribution in [3.63, 3.8) is 0 Å². The summed E-state index contributed by atoms with van der Waals surface area (Å²) in [6.45, 7) is 4.42. The highest BCUT2D eigenvalue weighted by Gasteiger charge is 2.10. The Balaban J connectivity index is 1.66. The average molecular weight is 321 g/mol. The minimum absolute atomic E-state index is 0.257. The highest BCUT2D eigenvalue weighted by atomic mass is 16.3. The van der Waals surface area contributed by atoms with Gasteiger partial charge in [-0.1, -0.05) is 12.1 Å². The Bertz CT molecular complexity index is 842. The molecule has 0 aliphatic heterocycles. The predicted octanol–water partition coefficient (Wildman–Crippen LogP) is 4.28. The largest absolute Gasteiger partial charge is 0.463 e. The first-order valence-corrected chi connectivity index (χ1v) is 7.73. The van der Waals surface area contributed by atoms with Gasteiger partial charge in [0.15, 0.2) is 5.76 Å². The lowest BCUT2D eigenvalue weighted by atomic mass is 10.1. The Hall–Kier alpha value is -3.08. The number of carbonyl (C=O) groups excluding carboxylic acids is 1. The highest BCUT2D eigenvalue weighted by molar-refractivity contribution is 5.89. The Labute approximate surface area is 140 Å². The van der Waals surface area contributed by atoms with E-state index >= 15 is 0 Å². The van der Waals surface area contributed by atoms with Gasteiger partial charge >= 0.3 is 6.03 Å². The number of rotatable bonds is 4. The van der Waals surface area contributed by atoms with E-state index in [9.17, 15) is 4.79 Å². The summed E-state index contributed by atoms with van der Waals surface area (Å²) in [5, 5.41) is 5.69. The molecule has 0 aliphatic carbocycles. The van der Waals surface area contributed by atoms with Crippen LogP contribution in [0, 0.1) is 13.8 Å². The Morgan fingerprint density at radius 1 is 1.12 bits per heavy atom. The maximum atomic E-state index is 12.1. The molecule has 0 radical (unpaired) electrons. The molecule has 0 fully saturated rings. The standard InChI is InChI=1S/C19H19N3O2/c1-13-7-8-16(11-14(13)2)22-19(23)21-12-15-5-3-9-20-18(15)17-6-4-10-24-17/h3-11H,12H2,1-2H3,(H2,21,22,23). The molecule has 0 aliphatic rings. The average Bonchev–Trinajstić information content (AvgIpc) is 3.11. The van der Waals surface area contributed by atoms with Crippen molar-refractivity contribution >= 4 is 11.7 Å². The van der Waals surface area contributed by atoms with Crippen LogP contribution in [-0.4, -0.2) is 11.0 Å². The molecule has 3 rings (SSSR count). The van der Waals surface area contributed by atoms with Crippen molar-refractivity contribution in [3.8, 4) is 11.5 Å². The van der Waals surface area contributed by atoms with Crippen LogP contribution in [-0.2, 0) is 6.54 Å². The summed E-state index contributed by atoms with van der Waals surface area (Å²) in [6, 6.07) is 13.0. The summed E-state index contributed by atoms with van der Waals surface area (Å²) >= 11 is 0. The molecule has 5 heteroatoms. The van der Waals surface area contributed by atoms with Crippen LogP contribution in [0.15, 0.2) is 59.3 Å². The number of amides is 2. The lowest BCUT2D eigenvalue weighted by Crippen LogP contribution is -2.28. The van der Waals surface area contributed by atoms with E-state index in [0.717, 1.165) is 22.5 Å². The smallest absolute Gasteiger partial charge is 0.319 e. The van der Waals surface area contributed by atoms with Crippen LogP contribution in [0.5, 0.6) is 0 Å². The Morgan fingerprint density at radius 2 is 2.00 bits per heavy atom. The van der Waals surface area contributed by atoms with Gasteiger partial charge in [-0.05, 0) is 55.3 Å². The van der Waals surface area contributed by atoms with Gasteiger partial charge < -0.3 is 15.1 Å². The number of hydrogen-bond acceptors (Lipinski definition) is 3. The molecule has 3 aromatic rings. The molecule has 0 atom stereocenters. The number of hydrogen-bond donors (Lipinski definition) is 2. The first-order valence-electron chi connectivity index (χ1n) is 7.73. The lowest BCUT2D eigenvalue weighted by molar-refractivity contribution is 0.251. The van der Waals surface area contributed by atoms with E-state index in [4.69, 9.17) is 4.42 Å². The number of furan rings is 1. The van der Waals surface area contributed by atoms with Gasteiger partial charge in [-0.2, -0.15) is 0 Å². The Morgan fingerprint density at radius 3 is 2.75 bits per heavy atom. The molecule has 1 aromatic carbocycles. The van der Waals surface area contributed by atoms with Crippen molar-refractivity contribution in [1.82, 2.24) is 10.3 Å². The van der Waals surface area contributed by atoms with Gasteiger partial charge in [-0.25, -0.2) is 4.79 Å². The number of urea groups is 1. The summed E-state index contributed by atoms with van der Waals surface area (Å²) < 4.78 is 5.40. The second-order valence-corrected chi connectivity index (χ2v) is 5.60. The first-order chi connectivity index (χ1) is 11.6. The fraction of sp³-hybridized carbons (Fsp3) is 0.158. The van der Waals surface area contributed by atoms with Gasteiger partial charge in [0.1, 0.15) is 5.69 Å². The zero-order valence-corrected chi connectivity index (χ0v) is 13.7. The fourth-order valence-corrected chi connectivity index (χ4v) is 2.39. The van der Waals surface area contributed by atoms with Crippen molar-refractivity contribution < 1.29 is 9.21 Å². The van der Waals surface area contributed by atoms with E-state index in [1.807, 2.05) is 56.3 Å². The number of nitrogens with zero attached hydrogens (tertiary/aromatic N) is 1. The third-order valence-electron chi connectivity index (χ3n) is 3.85. The van der Waals surface area contributed by atoms with Crippen LogP contribution < -0.4 is 10.6 Å². The van der Waals surface area contributed by atoms with Gasteiger partial charge in [0, 0.05) is 24.0 Å². The molecule has 0 bridgehead atoms. The van der Waals surface area contributed by atoms with E-state index in [1.165, 1.54) is 5.56 Å². The molecule has 0 unspecified atom stereocenters. The van der Waals surface area contributed by atoms with Gasteiger partial charge in [0.25, 0.3) is 0 Å². The van der Waals surface area contributed by atoms with Crippen molar-refractivity contribution in [2.75, 3.05) is 5.32 Å². The van der Waals surface area contributed by atoms with Crippen molar-refractivity contribution in [2.24, 2.45) is 0 Å². The maximum absolute atomic E-state index is 12.1. The molecule has 5 nitrogen and oxygen atoms in total. The maximum Gasteiger partial charge on any atom is 0.319 e. The molecular formula is C19H19N3O2. The van der Waals surface area contributed by atoms with E-state index in [1.54, 1.807) is 12.5 Å². The predicted molar refractivity (Wildman–Crippen MR) is 93.7 cm³/mol. The number of nitrogens with one attached hydrogen (secondary N) is 2. The van der Waals surface area contributed by atoms with Crippen molar-refractivity contribution in [3.05, 3.63) is 71.6 Å². The molecule has 2 heterocycles. The minimum atomic E-state index is -0.257. The topological polar surface area (TPSA) is 67.2 Å². The van der Waals surface area contributed by atoms with Crippen molar-refractivity contribution in [1.29, 1.82) is 0 Å². The SMILES string of the molecule is Cc1ccc(NC(=O)NCc2cccnc2-c2ccco2)cc1C. The molecule has 122 valence electrons. The molecule has 2 amide bonds. The van der Waals surface area contributed by atoms with Gasteiger partial charge in [-0.3, -0.25) is 4.98 Å². The number of aromatic nitrogens is 1. The lowest BCUT2D eigenvalue weighted by Gasteiger charge is -2.10. The molecule has 0 saturated heterocycles. The third-order valence-corrected chi connectivity index (χ3v) is 3.85. The quantitative estimate of drug-likeness (QED) is 0.753.